The summed E-state index contributed by atoms with van der Waals surface area (Å²) < 4.78 is 10.8. The molecule has 1 aromatic carbocycles. The molecule has 2 N–H and O–H groups in total. The van der Waals surface area contributed by atoms with E-state index in [1.54, 1.807) is 19.1 Å². The number of carbonyl (C=O) groups excluding carboxylic acids is 2. The van der Waals surface area contributed by atoms with Gasteiger partial charge in [-0.2, -0.15) is 0 Å². The van der Waals surface area contributed by atoms with Gasteiger partial charge >= 0.3 is 5.97 Å². The van der Waals surface area contributed by atoms with E-state index in [2.05, 4.69) is 0 Å². The number of halogens is 1. The van der Waals surface area contributed by atoms with E-state index >= 15 is 0 Å². The molecule has 2 heterocycles. The average Bonchev–Trinajstić information content (AvgIpc) is 3.25. The number of cyclic esters (lactones) is 1. The number of esters is 1. The van der Waals surface area contributed by atoms with Crippen LogP contribution < -0.4 is 0 Å². The van der Waals surface area contributed by atoms with Gasteiger partial charge in [0.25, 0.3) is 0 Å². The van der Waals surface area contributed by atoms with Crippen molar-refractivity contribution < 1.29 is 29.3 Å². The summed E-state index contributed by atoms with van der Waals surface area (Å²) in [4.78, 5) is 24.6. The summed E-state index contributed by atoms with van der Waals surface area (Å²) in [5.41, 5.74) is -0.176. The van der Waals surface area contributed by atoms with Gasteiger partial charge in [0.05, 0.1) is 11.1 Å². The highest BCUT2D eigenvalue weighted by Crippen LogP contribution is 2.37. The Morgan fingerprint density at radius 3 is 2.72 bits per heavy atom. The number of rotatable bonds is 0. The molecule has 6 nitrogen and oxygen atoms in total. The number of epoxide rings is 1. The summed E-state index contributed by atoms with van der Waals surface area (Å²) in [5.74, 6) is -2.04. The molecule has 2 aliphatic rings. The average molecular weight is 365 g/mol. The van der Waals surface area contributed by atoms with Crippen LogP contribution in [0.25, 0.3) is 0 Å². The van der Waals surface area contributed by atoms with E-state index in [1.165, 1.54) is 6.08 Å². The summed E-state index contributed by atoms with van der Waals surface area (Å²) in [6.07, 6.45) is 6.13. The zero-order chi connectivity index (χ0) is 18.1. The number of aromatic hydroxyl groups is 2. The topological polar surface area (TPSA) is 96.4 Å². The summed E-state index contributed by atoms with van der Waals surface area (Å²) >= 11 is 6.05. The lowest BCUT2D eigenvalue weighted by Crippen LogP contribution is -2.19. The standard InChI is InChI=1S/C18H17ClO6/c1-9-6-15-14(25-15)5-3-2-4-10(20)7-11-16(18(23)24-9)12(21)8-13(22)17(11)19/h2-5,8-9,14-15,21-22H,6-7H2,1H3/b4-2+,5-3-/t9-,14+,15-/m1/s1. The molecule has 0 bridgehead atoms. The van der Waals surface area contributed by atoms with Crippen molar-refractivity contribution >= 4 is 23.4 Å². The van der Waals surface area contributed by atoms with Crippen molar-refractivity contribution in [2.75, 3.05) is 0 Å². The van der Waals surface area contributed by atoms with Gasteiger partial charge in [0.15, 0.2) is 5.78 Å². The van der Waals surface area contributed by atoms with Crippen molar-refractivity contribution in [2.24, 2.45) is 0 Å². The third kappa shape index (κ3) is 3.86. The van der Waals surface area contributed by atoms with E-state index in [1.807, 2.05) is 6.08 Å². The zero-order valence-corrected chi connectivity index (χ0v) is 14.2. The predicted molar refractivity (Wildman–Crippen MR) is 89.9 cm³/mol. The third-order valence-electron chi connectivity index (χ3n) is 4.06. The second-order valence-corrected chi connectivity index (χ2v) is 6.44. The Kier molecular flexibility index (Phi) is 4.83. The van der Waals surface area contributed by atoms with Crippen LogP contribution in [0.4, 0.5) is 0 Å². The van der Waals surface area contributed by atoms with Gasteiger partial charge in [-0.15, -0.1) is 0 Å². The molecule has 1 fully saturated rings. The van der Waals surface area contributed by atoms with Crippen LogP contribution in [-0.4, -0.2) is 40.3 Å². The van der Waals surface area contributed by atoms with Crippen LogP contribution in [0.1, 0.15) is 29.3 Å². The minimum Gasteiger partial charge on any atom is -0.507 e. The maximum absolute atomic E-state index is 12.5. The lowest BCUT2D eigenvalue weighted by molar-refractivity contribution is -0.114. The molecule has 3 rings (SSSR count). The van der Waals surface area contributed by atoms with Gasteiger partial charge in [0.2, 0.25) is 0 Å². The highest BCUT2D eigenvalue weighted by molar-refractivity contribution is 6.33. The molecule has 0 aromatic heterocycles. The van der Waals surface area contributed by atoms with Crippen LogP contribution in [0, 0.1) is 0 Å². The molecule has 1 aromatic rings. The first kappa shape index (κ1) is 17.5. The zero-order valence-electron chi connectivity index (χ0n) is 13.4. The third-order valence-corrected chi connectivity index (χ3v) is 4.49. The van der Waals surface area contributed by atoms with Crippen LogP contribution >= 0.6 is 11.6 Å². The van der Waals surface area contributed by atoms with Crippen LogP contribution in [0.3, 0.4) is 0 Å². The van der Waals surface area contributed by atoms with Crippen LogP contribution in [0.5, 0.6) is 11.5 Å². The Morgan fingerprint density at radius 1 is 1.20 bits per heavy atom. The molecule has 0 saturated carbocycles. The monoisotopic (exact) mass is 364 g/mol. The Labute approximate surface area is 149 Å². The smallest absolute Gasteiger partial charge is 0.342 e. The normalized spacial score (nSPS) is 29.0. The number of hydrogen-bond donors (Lipinski definition) is 2. The van der Waals surface area contributed by atoms with Crippen LogP contribution in [0.15, 0.2) is 30.4 Å². The summed E-state index contributed by atoms with van der Waals surface area (Å²) in [6.45, 7) is 1.72. The van der Waals surface area contributed by atoms with Crippen LogP contribution in [0.2, 0.25) is 5.02 Å². The maximum atomic E-state index is 12.5. The molecule has 1 saturated heterocycles. The minimum absolute atomic E-state index is 0.0348. The van der Waals surface area contributed by atoms with Gasteiger partial charge in [-0.3, -0.25) is 4.79 Å². The lowest BCUT2D eigenvalue weighted by Gasteiger charge is -2.16. The number of carbonyl (C=O) groups is 2. The quantitative estimate of drug-likeness (QED) is 0.542. The predicted octanol–water partition coefficient (Wildman–Crippen LogP) is 2.69. The molecule has 132 valence electrons. The van der Waals surface area contributed by atoms with Crippen molar-refractivity contribution in [3.8, 4) is 11.5 Å². The van der Waals surface area contributed by atoms with E-state index in [-0.39, 0.29) is 40.6 Å². The molecule has 25 heavy (non-hydrogen) atoms. The van der Waals surface area contributed by atoms with Crippen LogP contribution in [-0.2, 0) is 20.7 Å². The molecule has 0 amide bonds. The van der Waals surface area contributed by atoms with Gasteiger partial charge in [0, 0.05) is 24.5 Å². The Bertz CT molecular complexity index is 782. The number of phenols is 2. The van der Waals surface area contributed by atoms with E-state index in [0.29, 0.717) is 6.42 Å². The number of phenolic OH excluding ortho intramolecular Hbond substituents is 2. The molecule has 7 heteroatoms. The molecular weight excluding hydrogens is 348 g/mol. The molecule has 0 aliphatic carbocycles. The number of benzene rings is 1. The number of ether oxygens (including phenoxy) is 2. The second kappa shape index (κ2) is 6.90. The maximum Gasteiger partial charge on any atom is 0.342 e. The number of fused-ring (bicyclic) bond motifs is 2. The highest BCUT2D eigenvalue weighted by atomic mass is 35.5. The molecule has 2 aliphatic heterocycles. The highest BCUT2D eigenvalue weighted by Gasteiger charge is 2.38. The van der Waals surface area contributed by atoms with Crippen molar-refractivity contribution in [1.29, 1.82) is 0 Å². The number of hydrogen-bond acceptors (Lipinski definition) is 6. The van der Waals surface area contributed by atoms with Crippen molar-refractivity contribution in [3.63, 3.8) is 0 Å². The van der Waals surface area contributed by atoms with Gasteiger partial charge in [0.1, 0.15) is 29.3 Å². The SMILES string of the molecule is C[C@@H]1C[C@H]2O[C@H]2/C=C\C=C\C(=O)Cc2c(Cl)c(O)cc(O)c2C(=O)O1. The Morgan fingerprint density at radius 2 is 1.96 bits per heavy atom. The van der Waals surface area contributed by atoms with Gasteiger partial charge in [-0.25, -0.2) is 4.79 Å². The first-order valence-electron chi connectivity index (χ1n) is 7.84. The fourth-order valence-electron chi connectivity index (χ4n) is 2.78. The van der Waals surface area contributed by atoms with E-state index < -0.39 is 23.6 Å². The first-order chi connectivity index (χ1) is 11.9. The molecule has 0 spiro atoms. The fraction of sp³-hybridized carbons (Fsp3) is 0.333. The summed E-state index contributed by atoms with van der Waals surface area (Å²) in [6, 6.07) is 0.958. The van der Waals surface area contributed by atoms with Crippen molar-refractivity contribution in [2.45, 2.75) is 38.1 Å². The second-order valence-electron chi connectivity index (χ2n) is 6.06. The first-order valence-corrected chi connectivity index (χ1v) is 8.22. The molecule has 0 radical (unpaired) electrons. The summed E-state index contributed by atoms with van der Waals surface area (Å²) in [7, 11) is 0. The Balaban J connectivity index is 2.01. The minimum atomic E-state index is -0.802. The van der Waals surface area contributed by atoms with Crippen molar-refractivity contribution in [1.82, 2.24) is 0 Å². The summed E-state index contributed by atoms with van der Waals surface area (Å²) in [5, 5.41) is 19.7. The van der Waals surface area contributed by atoms with Gasteiger partial charge < -0.3 is 19.7 Å². The lowest BCUT2D eigenvalue weighted by atomic mass is 10.00. The number of allylic oxidation sites excluding steroid dienone is 3. The van der Waals surface area contributed by atoms with Gasteiger partial charge in [-0.1, -0.05) is 29.8 Å². The number of ketones is 1. The fourth-order valence-corrected chi connectivity index (χ4v) is 3.00. The molecule has 3 atom stereocenters. The molecule has 0 unspecified atom stereocenters. The Hall–Kier alpha value is -2.31. The van der Waals surface area contributed by atoms with Crippen molar-refractivity contribution in [3.05, 3.63) is 46.5 Å². The largest absolute Gasteiger partial charge is 0.507 e. The van der Waals surface area contributed by atoms with Gasteiger partial charge in [-0.05, 0) is 13.0 Å². The van der Waals surface area contributed by atoms with E-state index in [4.69, 9.17) is 21.1 Å². The van der Waals surface area contributed by atoms with E-state index in [0.717, 1.165) is 6.07 Å². The molecular formula is C18H17ClO6. The van der Waals surface area contributed by atoms with E-state index in [9.17, 15) is 19.8 Å².